The maximum atomic E-state index is 12.2. The maximum Gasteiger partial charge on any atom is 0.254 e. The van der Waals surface area contributed by atoms with Gasteiger partial charge < -0.3 is 10.3 Å². The van der Waals surface area contributed by atoms with Gasteiger partial charge in [0, 0.05) is 12.2 Å². The monoisotopic (exact) mass is 270 g/mol. The zero-order valence-electron chi connectivity index (χ0n) is 10.3. The van der Waals surface area contributed by atoms with Crippen LogP contribution in [0.4, 0.5) is 0 Å². The number of pyridine rings is 1. The van der Waals surface area contributed by atoms with Crippen LogP contribution < -0.4 is 5.32 Å². The lowest BCUT2D eigenvalue weighted by Crippen LogP contribution is -2.35. The van der Waals surface area contributed by atoms with E-state index in [0.29, 0.717) is 10.2 Å². The lowest BCUT2D eigenvalue weighted by atomic mass is 10.1. The molecule has 0 bridgehead atoms. The molecule has 1 aliphatic carbocycles. The van der Waals surface area contributed by atoms with E-state index < -0.39 is 0 Å². The van der Waals surface area contributed by atoms with Gasteiger partial charge in [-0.05, 0) is 36.1 Å². The highest BCUT2D eigenvalue weighted by Gasteiger charge is 2.23. The smallest absolute Gasteiger partial charge is 0.254 e. The number of nitrogens with one attached hydrogen (secondary N) is 2. The van der Waals surface area contributed by atoms with Gasteiger partial charge in [-0.3, -0.25) is 4.79 Å². The minimum absolute atomic E-state index is 0.0975. The van der Waals surface area contributed by atoms with Crippen molar-refractivity contribution in [2.45, 2.75) is 18.9 Å². The molecule has 4 heteroatoms. The van der Waals surface area contributed by atoms with E-state index in [9.17, 15) is 4.79 Å². The third-order valence-corrected chi connectivity index (χ3v) is 3.79. The molecule has 0 spiro atoms. The summed E-state index contributed by atoms with van der Waals surface area (Å²) >= 11 is 5.12. The predicted molar refractivity (Wildman–Crippen MR) is 76.7 cm³/mol. The van der Waals surface area contributed by atoms with Crippen LogP contribution >= 0.6 is 12.2 Å². The third kappa shape index (κ3) is 2.44. The molecule has 0 saturated carbocycles. The van der Waals surface area contributed by atoms with Crippen molar-refractivity contribution in [1.29, 1.82) is 0 Å². The Morgan fingerprint density at radius 1 is 1.16 bits per heavy atom. The van der Waals surface area contributed by atoms with Crippen molar-refractivity contribution in [3.05, 3.63) is 63.9 Å². The number of rotatable bonds is 2. The maximum absolute atomic E-state index is 12.2. The van der Waals surface area contributed by atoms with Crippen LogP contribution in [-0.2, 0) is 12.8 Å². The minimum atomic E-state index is -0.0975. The van der Waals surface area contributed by atoms with Gasteiger partial charge >= 0.3 is 0 Å². The van der Waals surface area contributed by atoms with E-state index in [2.05, 4.69) is 22.4 Å². The molecule has 0 fully saturated rings. The molecule has 0 radical (unpaired) electrons. The number of amides is 1. The van der Waals surface area contributed by atoms with Gasteiger partial charge in [0.25, 0.3) is 5.91 Å². The summed E-state index contributed by atoms with van der Waals surface area (Å²) in [5.74, 6) is -0.0975. The second kappa shape index (κ2) is 4.97. The van der Waals surface area contributed by atoms with Crippen LogP contribution in [0.25, 0.3) is 0 Å². The first-order chi connectivity index (χ1) is 9.24. The van der Waals surface area contributed by atoms with E-state index in [1.807, 2.05) is 12.1 Å². The quantitative estimate of drug-likeness (QED) is 0.824. The summed E-state index contributed by atoms with van der Waals surface area (Å²) in [6, 6.07) is 12.0. The lowest BCUT2D eigenvalue weighted by Gasteiger charge is -2.11. The summed E-state index contributed by atoms with van der Waals surface area (Å²) in [4.78, 5) is 15.1. The number of carbonyl (C=O) groups is 1. The Labute approximate surface area is 116 Å². The fraction of sp³-hybridized carbons (Fsp3) is 0.200. The highest BCUT2D eigenvalue weighted by molar-refractivity contribution is 7.71. The molecular formula is C15H14N2OS. The van der Waals surface area contributed by atoms with Crippen LogP contribution in [0.15, 0.2) is 42.6 Å². The van der Waals surface area contributed by atoms with Crippen LogP contribution in [0, 0.1) is 4.64 Å². The number of aromatic amines is 1. The Bertz CT molecular complexity index is 653. The molecule has 1 heterocycles. The molecule has 3 nitrogen and oxygen atoms in total. The van der Waals surface area contributed by atoms with Gasteiger partial charge in [0.05, 0.1) is 5.56 Å². The SMILES string of the molecule is O=C(NC1Cc2ccccc2C1)c1ccc[nH]c1=S. The Hall–Kier alpha value is -1.94. The molecular weight excluding hydrogens is 256 g/mol. The fourth-order valence-corrected chi connectivity index (χ4v) is 2.75. The van der Waals surface area contributed by atoms with Gasteiger partial charge in [0.1, 0.15) is 4.64 Å². The van der Waals surface area contributed by atoms with E-state index in [1.165, 1.54) is 11.1 Å². The van der Waals surface area contributed by atoms with Crippen molar-refractivity contribution < 1.29 is 4.79 Å². The molecule has 2 aromatic rings. The van der Waals surface area contributed by atoms with Gasteiger partial charge in [-0.2, -0.15) is 0 Å². The first-order valence-corrected chi connectivity index (χ1v) is 6.70. The van der Waals surface area contributed by atoms with E-state index in [4.69, 9.17) is 12.2 Å². The van der Waals surface area contributed by atoms with E-state index in [1.54, 1.807) is 18.3 Å². The zero-order valence-corrected chi connectivity index (χ0v) is 11.2. The van der Waals surface area contributed by atoms with Crippen LogP contribution in [-0.4, -0.2) is 16.9 Å². The van der Waals surface area contributed by atoms with E-state index in [0.717, 1.165) is 12.8 Å². The minimum Gasteiger partial charge on any atom is -0.352 e. The number of benzene rings is 1. The third-order valence-electron chi connectivity index (χ3n) is 3.45. The first kappa shape index (κ1) is 12.1. The summed E-state index contributed by atoms with van der Waals surface area (Å²) in [5, 5.41) is 3.06. The molecule has 96 valence electrons. The van der Waals surface area contributed by atoms with Crippen molar-refractivity contribution in [3.63, 3.8) is 0 Å². The summed E-state index contributed by atoms with van der Waals surface area (Å²) in [6.07, 6.45) is 3.51. The molecule has 0 aliphatic heterocycles. The number of H-pyrrole nitrogens is 1. The van der Waals surface area contributed by atoms with Crippen LogP contribution in [0.5, 0.6) is 0 Å². The van der Waals surface area contributed by atoms with Gasteiger partial charge in [0.15, 0.2) is 0 Å². The second-order valence-corrected chi connectivity index (χ2v) is 5.17. The molecule has 0 saturated heterocycles. The van der Waals surface area contributed by atoms with E-state index >= 15 is 0 Å². The van der Waals surface area contributed by atoms with Crippen LogP contribution in [0.3, 0.4) is 0 Å². The van der Waals surface area contributed by atoms with Crippen molar-refractivity contribution in [2.24, 2.45) is 0 Å². The Kier molecular flexibility index (Phi) is 3.17. The summed E-state index contributed by atoms with van der Waals surface area (Å²) < 4.78 is 0.482. The summed E-state index contributed by atoms with van der Waals surface area (Å²) in [6.45, 7) is 0. The number of carbonyl (C=O) groups excluding carboxylic acids is 1. The molecule has 0 unspecified atom stereocenters. The fourth-order valence-electron chi connectivity index (χ4n) is 2.52. The molecule has 1 aromatic carbocycles. The zero-order chi connectivity index (χ0) is 13.2. The number of aromatic nitrogens is 1. The number of hydrogen-bond acceptors (Lipinski definition) is 2. The van der Waals surface area contributed by atoms with E-state index in [-0.39, 0.29) is 11.9 Å². The highest BCUT2D eigenvalue weighted by Crippen LogP contribution is 2.21. The molecule has 3 rings (SSSR count). The van der Waals surface area contributed by atoms with Crippen molar-refractivity contribution >= 4 is 18.1 Å². The van der Waals surface area contributed by atoms with Crippen molar-refractivity contribution in [2.75, 3.05) is 0 Å². The van der Waals surface area contributed by atoms with Crippen LogP contribution in [0.2, 0.25) is 0 Å². The Morgan fingerprint density at radius 2 is 1.84 bits per heavy atom. The van der Waals surface area contributed by atoms with Crippen molar-refractivity contribution in [1.82, 2.24) is 10.3 Å². The molecule has 1 amide bonds. The molecule has 0 atom stereocenters. The topological polar surface area (TPSA) is 44.9 Å². The average molecular weight is 270 g/mol. The summed E-state index contributed by atoms with van der Waals surface area (Å²) in [5.41, 5.74) is 3.19. The largest absolute Gasteiger partial charge is 0.352 e. The van der Waals surface area contributed by atoms with Gasteiger partial charge in [-0.15, -0.1) is 0 Å². The van der Waals surface area contributed by atoms with Crippen molar-refractivity contribution in [3.8, 4) is 0 Å². The molecule has 1 aliphatic rings. The molecule has 1 aromatic heterocycles. The van der Waals surface area contributed by atoms with Gasteiger partial charge in [-0.25, -0.2) is 0 Å². The Morgan fingerprint density at radius 3 is 2.47 bits per heavy atom. The van der Waals surface area contributed by atoms with Gasteiger partial charge in [-0.1, -0.05) is 36.5 Å². The lowest BCUT2D eigenvalue weighted by molar-refractivity contribution is 0.0937. The standard InChI is InChI=1S/C15H14N2OS/c18-14(13-6-3-7-16-15(13)19)17-12-8-10-4-1-2-5-11(10)9-12/h1-7,12H,8-9H2,(H,16,19)(H,17,18). The number of hydrogen-bond donors (Lipinski definition) is 2. The van der Waals surface area contributed by atoms with Gasteiger partial charge in [0.2, 0.25) is 0 Å². The molecule has 2 N–H and O–H groups in total. The predicted octanol–water partition coefficient (Wildman–Crippen LogP) is 2.64. The number of fused-ring (bicyclic) bond motifs is 1. The summed E-state index contributed by atoms with van der Waals surface area (Å²) in [7, 11) is 0. The van der Waals surface area contributed by atoms with Crippen LogP contribution in [0.1, 0.15) is 21.5 Å². The second-order valence-electron chi connectivity index (χ2n) is 4.76. The first-order valence-electron chi connectivity index (χ1n) is 6.29. The Balaban J connectivity index is 1.73. The normalized spacial score (nSPS) is 14.1. The average Bonchev–Trinajstić information content (AvgIpc) is 2.81. The molecule has 19 heavy (non-hydrogen) atoms. The highest BCUT2D eigenvalue weighted by atomic mass is 32.1.